The molecule has 0 amide bonds. The molecule has 1 N–H and O–H groups in total. The Morgan fingerprint density at radius 3 is 2.57 bits per heavy atom. The quantitative estimate of drug-likeness (QED) is 0.743. The predicted octanol–water partition coefficient (Wildman–Crippen LogP) is 4.85. The summed E-state index contributed by atoms with van der Waals surface area (Å²) in [5.74, 6) is 0. The van der Waals surface area contributed by atoms with Crippen LogP contribution >= 0.6 is 11.6 Å². The largest absolute Gasteiger partial charge is 0.310 e. The Labute approximate surface area is 130 Å². The molecule has 0 saturated heterocycles. The molecule has 0 fully saturated rings. The van der Waals surface area contributed by atoms with Crippen LogP contribution in [0.5, 0.6) is 0 Å². The first kappa shape index (κ1) is 15.7. The Kier molecular flexibility index (Phi) is 5.90. The van der Waals surface area contributed by atoms with E-state index in [2.05, 4.69) is 23.5 Å². The van der Waals surface area contributed by atoms with Crippen molar-refractivity contribution in [1.82, 2.24) is 5.32 Å². The Balaban J connectivity index is 1.76. The number of benzene rings is 2. The van der Waals surface area contributed by atoms with E-state index in [1.54, 1.807) is 12.1 Å². The highest BCUT2D eigenvalue weighted by atomic mass is 35.5. The maximum atomic E-state index is 10.4. The van der Waals surface area contributed by atoms with Crippen molar-refractivity contribution >= 4 is 17.3 Å². The van der Waals surface area contributed by atoms with E-state index in [1.165, 1.54) is 11.1 Å². The molecule has 0 aromatic heterocycles. The van der Waals surface area contributed by atoms with Gasteiger partial charge in [-0.2, -0.15) is 0 Å². The van der Waals surface area contributed by atoms with E-state index >= 15 is 0 Å². The fraction of sp³-hybridized carbons (Fsp3) is 0.294. The fourth-order valence-electron chi connectivity index (χ4n) is 2.15. The van der Waals surface area contributed by atoms with Gasteiger partial charge >= 0.3 is 0 Å². The molecule has 4 heteroatoms. The van der Waals surface area contributed by atoms with Crippen molar-refractivity contribution < 1.29 is 0 Å². The molecule has 3 nitrogen and oxygen atoms in total. The first-order chi connectivity index (χ1) is 10.2. The van der Waals surface area contributed by atoms with Gasteiger partial charge in [-0.15, -0.1) is 4.91 Å². The summed E-state index contributed by atoms with van der Waals surface area (Å²) < 4.78 is 0. The Morgan fingerprint density at radius 2 is 1.90 bits per heavy atom. The molecule has 0 radical (unpaired) electrons. The van der Waals surface area contributed by atoms with Crippen LogP contribution < -0.4 is 5.32 Å². The van der Waals surface area contributed by atoms with Crippen molar-refractivity contribution in [1.29, 1.82) is 0 Å². The summed E-state index contributed by atoms with van der Waals surface area (Å²) in [6, 6.07) is 15.7. The lowest BCUT2D eigenvalue weighted by Crippen LogP contribution is -2.25. The first-order valence-electron chi connectivity index (χ1n) is 7.07. The van der Waals surface area contributed by atoms with Crippen LogP contribution in [0.2, 0.25) is 5.02 Å². The van der Waals surface area contributed by atoms with Crippen molar-refractivity contribution in [2.75, 3.05) is 0 Å². The van der Waals surface area contributed by atoms with Gasteiger partial charge in [-0.05, 0) is 60.3 Å². The number of hydrogen-bond donors (Lipinski definition) is 1. The molecule has 0 saturated carbocycles. The minimum absolute atomic E-state index is 0.410. The van der Waals surface area contributed by atoms with Crippen LogP contribution in [-0.4, -0.2) is 6.04 Å². The smallest absolute Gasteiger partial charge is 0.108 e. The highest BCUT2D eigenvalue weighted by Gasteiger charge is 2.03. The molecule has 0 aliphatic heterocycles. The number of halogens is 1. The first-order valence-corrected chi connectivity index (χ1v) is 7.45. The van der Waals surface area contributed by atoms with Gasteiger partial charge in [0.1, 0.15) is 5.69 Å². The molecule has 21 heavy (non-hydrogen) atoms. The molecular formula is C17H19ClN2O. The summed E-state index contributed by atoms with van der Waals surface area (Å²) in [6.45, 7) is 2.99. The maximum Gasteiger partial charge on any atom is 0.108 e. The van der Waals surface area contributed by atoms with E-state index in [-0.39, 0.29) is 0 Å². The fourth-order valence-corrected chi connectivity index (χ4v) is 2.36. The average molecular weight is 303 g/mol. The molecule has 2 aromatic rings. The third-order valence-corrected chi connectivity index (χ3v) is 3.69. The van der Waals surface area contributed by atoms with Gasteiger partial charge in [-0.25, -0.2) is 0 Å². The highest BCUT2D eigenvalue weighted by Crippen LogP contribution is 2.14. The SMILES string of the molecule is CC(CCc1ccc(N=O)cc1)NCc1cccc(Cl)c1. The second kappa shape index (κ2) is 7.91. The van der Waals surface area contributed by atoms with Gasteiger partial charge in [-0.1, -0.05) is 35.9 Å². The Bertz CT molecular complexity index is 584. The van der Waals surface area contributed by atoms with E-state index in [9.17, 15) is 4.91 Å². The van der Waals surface area contributed by atoms with Crippen LogP contribution in [0.4, 0.5) is 5.69 Å². The topological polar surface area (TPSA) is 41.5 Å². The summed E-state index contributed by atoms with van der Waals surface area (Å²) in [7, 11) is 0. The molecule has 0 spiro atoms. The van der Waals surface area contributed by atoms with Crippen LogP contribution in [0.1, 0.15) is 24.5 Å². The molecule has 2 aromatic carbocycles. The molecule has 110 valence electrons. The Morgan fingerprint density at radius 1 is 1.14 bits per heavy atom. The molecule has 0 aliphatic rings. The number of rotatable bonds is 7. The van der Waals surface area contributed by atoms with Gasteiger partial charge in [0, 0.05) is 17.6 Å². The molecule has 0 aliphatic carbocycles. The predicted molar refractivity (Wildman–Crippen MR) is 88.0 cm³/mol. The molecule has 1 unspecified atom stereocenters. The van der Waals surface area contributed by atoms with Crippen molar-refractivity contribution in [2.24, 2.45) is 5.18 Å². The molecule has 1 atom stereocenters. The lowest BCUT2D eigenvalue weighted by atomic mass is 10.1. The summed E-state index contributed by atoms with van der Waals surface area (Å²) in [4.78, 5) is 10.4. The zero-order chi connectivity index (χ0) is 15.1. The normalized spacial score (nSPS) is 12.1. The van der Waals surface area contributed by atoms with Crippen LogP contribution in [0.15, 0.2) is 53.7 Å². The zero-order valence-corrected chi connectivity index (χ0v) is 12.8. The highest BCUT2D eigenvalue weighted by molar-refractivity contribution is 6.30. The van der Waals surface area contributed by atoms with E-state index in [0.717, 1.165) is 24.4 Å². The standard InChI is InChI=1S/C17H19ClN2O/c1-13(19-12-15-3-2-4-16(18)11-15)5-6-14-7-9-17(20-21)10-8-14/h2-4,7-11,13,19H,5-6,12H2,1H3. The number of nitrogens with one attached hydrogen (secondary N) is 1. The van der Waals surface area contributed by atoms with Gasteiger partial charge in [-0.3, -0.25) is 0 Å². The van der Waals surface area contributed by atoms with Crippen molar-refractivity contribution in [3.8, 4) is 0 Å². The van der Waals surface area contributed by atoms with Gasteiger partial charge in [0.25, 0.3) is 0 Å². The van der Waals surface area contributed by atoms with E-state index in [0.29, 0.717) is 11.7 Å². The number of hydrogen-bond acceptors (Lipinski definition) is 3. The van der Waals surface area contributed by atoms with Gasteiger partial charge in [0.05, 0.1) is 0 Å². The second-order valence-electron chi connectivity index (χ2n) is 5.21. The van der Waals surface area contributed by atoms with Gasteiger partial charge < -0.3 is 5.32 Å². The van der Waals surface area contributed by atoms with Crippen LogP contribution in [0, 0.1) is 4.91 Å². The third-order valence-electron chi connectivity index (χ3n) is 3.45. The van der Waals surface area contributed by atoms with Crippen LogP contribution in [0.25, 0.3) is 0 Å². The minimum Gasteiger partial charge on any atom is -0.310 e. The Hall–Kier alpha value is -1.71. The lowest BCUT2D eigenvalue weighted by Gasteiger charge is -2.14. The maximum absolute atomic E-state index is 10.4. The summed E-state index contributed by atoms with van der Waals surface area (Å²) in [5.41, 5.74) is 2.89. The summed E-state index contributed by atoms with van der Waals surface area (Å²) in [5, 5.41) is 7.16. The average Bonchev–Trinajstić information content (AvgIpc) is 2.51. The molecule has 0 heterocycles. The molecule has 2 rings (SSSR count). The van der Waals surface area contributed by atoms with Gasteiger partial charge in [0.2, 0.25) is 0 Å². The zero-order valence-electron chi connectivity index (χ0n) is 12.1. The summed E-state index contributed by atoms with van der Waals surface area (Å²) >= 11 is 5.97. The van der Waals surface area contributed by atoms with Gasteiger partial charge in [0.15, 0.2) is 0 Å². The minimum atomic E-state index is 0.410. The second-order valence-corrected chi connectivity index (χ2v) is 5.64. The van der Waals surface area contributed by atoms with Crippen molar-refractivity contribution in [3.05, 3.63) is 69.6 Å². The third kappa shape index (κ3) is 5.29. The lowest BCUT2D eigenvalue weighted by molar-refractivity contribution is 0.514. The number of nitrogens with zero attached hydrogens (tertiary/aromatic N) is 1. The summed E-state index contributed by atoms with van der Waals surface area (Å²) in [6.07, 6.45) is 2.01. The van der Waals surface area contributed by atoms with Crippen LogP contribution in [-0.2, 0) is 13.0 Å². The number of nitroso groups, excluding NO2 is 1. The molecule has 0 bridgehead atoms. The van der Waals surface area contributed by atoms with E-state index < -0.39 is 0 Å². The molecular weight excluding hydrogens is 284 g/mol. The van der Waals surface area contributed by atoms with E-state index in [1.807, 2.05) is 30.3 Å². The van der Waals surface area contributed by atoms with Crippen molar-refractivity contribution in [2.45, 2.75) is 32.4 Å². The number of aryl methyl sites for hydroxylation is 1. The van der Waals surface area contributed by atoms with Crippen LogP contribution in [0.3, 0.4) is 0 Å². The van der Waals surface area contributed by atoms with E-state index in [4.69, 9.17) is 11.6 Å². The monoisotopic (exact) mass is 302 g/mol. The van der Waals surface area contributed by atoms with Crippen molar-refractivity contribution in [3.63, 3.8) is 0 Å².